The van der Waals surface area contributed by atoms with Crippen LogP contribution >= 0.6 is 0 Å². The van der Waals surface area contributed by atoms with E-state index in [0.717, 1.165) is 5.56 Å². The number of carbonyl (C=O) groups excluding carboxylic acids is 1. The van der Waals surface area contributed by atoms with E-state index in [2.05, 4.69) is 10.6 Å². The van der Waals surface area contributed by atoms with Gasteiger partial charge in [-0.1, -0.05) is 6.07 Å². The normalized spacial score (nSPS) is 10.1. The molecule has 0 heterocycles. The molecule has 0 radical (unpaired) electrons. The van der Waals surface area contributed by atoms with Crippen LogP contribution in [0.25, 0.3) is 0 Å². The van der Waals surface area contributed by atoms with Crippen LogP contribution in [0.1, 0.15) is 15.9 Å². The Morgan fingerprint density at radius 3 is 2.46 bits per heavy atom. The van der Waals surface area contributed by atoms with Crippen molar-refractivity contribution in [1.29, 1.82) is 0 Å². The van der Waals surface area contributed by atoms with Crippen LogP contribution in [0.3, 0.4) is 0 Å². The molecule has 2 aromatic rings. The summed E-state index contributed by atoms with van der Waals surface area (Å²) in [5.41, 5.74) is 1.43. The number of hydrogen-bond acceptors (Lipinski definition) is 6. The number of ether oxygens (including phenoxy) is 2. The molecule has 0 aliphatic heterocycles. The number of hydrogen-bond donors (Lipinski definition) is 2. The first-order valence-corrected chi connectivity index (χ1v) is 7.95. The number of nitro groups is 1. The van der Waals surface area contributed by atoms with Crippen LogP contribution in [0.15, 0.2) is 36.4 Å². The second kappa shape index (κ2) is 8.70. The third-order valence-electron chi connectivity index (χ3n) is 3.87. The average molecular weight is 359 g/mol. The van der Waals surface area contributed by atoms with Crippen LogP contribution < -0.4 is 20.1 Å². The van der Waals surface area contributed by atoms with Gasteiger partial charge in [-0.3, -0.25) is 14.9 Å². The maximum atomic E-state index is 12.2. The van der Waals surface area contributed by atoms with E-state index in [1.165, 1.54) is 12.1 Å². The standard InChI is InChI=1S/C18H21N3O5/c1-19-14-6-5-13(11-15(14)21(23)24)18(22)20-9-8-12-4-7-16(25-2)17(10-12)26-3/h4-7,10-11,19H,8-9H2,1-3H3,(H,20,22). The zero-order valence-corrected chi connectivity index (χ0v) is 14.9. The van der Waals surface area contributed by atoms with E-state index in [4.69, 9.17) is 9.47 Å². The van der Waals surface area contributed by atoms with Gasteiger partial charge in [-0.25, -0.2) is 0 Å². The van der Waals surface area contributed by atoms with E-state index in [9.17, 15) is 14.9 Å². The lowest BCUT2D eigenvalue weighted by Crippen LogP contribution is -2.25. The van der Waals surface area contributed by atoms with Crippen molar-refractivity contribution in [3.8, 4) is 11.5 Å². The Morgan fingerprint density at radius 2 is 1.85 bits per heavy atom. The van der Waals surface area contributed by atoms with Gasteiger partial charge in [0.2, 0.25) is 0 Å². The summed E-state index contributed by atoms with van der Waals surface area (Å²) in [6.45, 7) is 0.385. The predicted octanol–water partition coefficient (Wildman–Crippen LogP) is 2.63. The molecular weight excluding hydrogens is 338 g/mol. The largest absolute Gasteiger partial charge is 0.493 e. The minimum atomic E-state index is -0.522. The predicted molar refractivity (Wildman–Crippen MR) is 98.2 cm³/mol. The third kappa shape index (κ3) is 4.41. The molecule has 0 unspecified atom stereocenters. The number of benzene rings is 2. The molecule has 0 bridgehead atoms. The fraction of sp³-hybridized carbons (Fsp3) is 0.278. The molecule has 0 spiro atoms. The fourth-order valence-corrected chi connectivity index (χ4v) is 2.49. The second-order valence-corrected chi connectivity index (χ2v) is 5.43. The Hall–Kier alpha value is -3.29. The Morgan fingerprint density at radius 1 is 1.12 bits per heavy atom. The molecule has 8 heteroatoms. The smallest absolute Gasteiger partial charge is 0.293 e. The minimum absolute atomic E-state index is 0.139. The van der Waals surface area contributed by atoms with Crippen LogP contribution in [0.5, 0.6) is 11.5 Å². The van der Waals surface area contributed by atoms with Gasteiger partial charge in [0.1, 0.15) is 5.69 Å². The topological polar surface area (TPSA) is 103 Å². The summed E-state index contributed by atoms with van der Waals surface area (Å²) in [6.07, 6.45) is 0.586. The van der Waals surface area contributed by atoms with E-state index in [0.29, 0.717) is 30.2 Å². The van der Waals surface area contributed by atoms with E-state index < -0.39 is 4.92 Å². The number of methoxy groups -OCH3 is 2. The number of anilines is 1. The maximum absolute atomic E-state index is 12.2. The summed E-state index contributed by atoms with van der Waals surface area (Å²) in [6, 6.07) is 9.86. The van der Waals surface area contributed by atoms with Crippen molar-refractivity contribution in [2.24, 2.45) is 0 Å². The monoisotopic (exact) mass is 359 g/mol. The van der Waals surface area contributed by atoms with Crippen LogP contribution in [0.2, 0.25) is 0 Å². The first-order valence-electron chi connectivity index (χ1n) is 7.95. The van der Waals surface area contributed by atoms with E-state index >= 15 is 0 Å². The summed E-state index contributed by atoms with van der Waals surface area (Å²) >= 11 is 0. The zero-order chi connectivity index (χ0) is 19.1. The Kier molecular flexibility index (Phi) is 6.37. The van der Waals surface area contributed by atoms with E-state index in [1.807, 2.05) is 12.1 Å². The Labute approximate surface area is 151 Å². The van der Waals surface area contributed by atoms with Crippen molar-refractivity contribution in [3.05, 3.63) is 57.6 Å². The SMILES string of the molecule is CNc1ccc(C(=O)NCCc2ccc(OC)c(OC)c2)cc1[N+](=O)[O-]. The van der Waals surface area contributed by atoms with E-state index in [1.54, 1.807) is 33.4 Å². The van der Waals surface area contributed by atoms with Gasteiger partial charge in [-0.2, -0.15) is 0 Å². The van der Waals surface area contributed by atoms with Gasteiger partial charge in [0.05, 0.1) is 19.1 Å². The summed E-state index contributed by atoms with van der Waals surface area (Å²) < 4.78 is 10.4. The number of nitrogens with one attached hydrogen (secondary N) is 2. The van der Waals surface area contributed by atoms with Gasteiger partial charge >= 0.3 is 0 Å². The zero-order valence-electron chi connectivity index (χ0n) is 14.9. The first-order chi connectivity index (χ1) is 12.5. The van der Waals surface area contributed by atoms with Gasteiger partial charge in [0.15, 0.2) is 11.5 Å². The average Bonchev–Trinajstić information content (AvgIpc) is 2.66. The van der Waals surface area contributed by atoms with Crippen LogP contribution in [0.4, 0.5) is 11.4 Å². The summed E-state index contributed by atoms with van der Waals surface area (Å²) in [7, 11) is 4.71. The van der Waals surface area contributed by atoms with E-state index in [-0.39, 0.29) is 17.2 Å². The van der Waals surface area contributed by atoms with Crippen LogP contribution in [-0.2, 0) is 6.42 Å². The molecule has 2 rings (SSSR count). The minimum Gasteiger partial charge on any atom is -0.493 e. The molecule has 8 nitrogen and oxygen atoms in total. The van der Waals surface area contributed by atoms with Gasteiger partial charge in [-0.05, 0) is 36.2 Å². The summed E-state index contributed by atoms with van der Waals surface area (Å²) in [5.74, 6) is 0.892. The number of nitro benzene ring substituents is 1. The first kappa shape index (κ1) is 19.0. The molecule has 0 aromatic heterocycles. The quantitative estimate of drug-likeness (QED) is 0.555. The third-order valence-corrected chi connectivity index (χ3v) is 3.87. The lowest BCUT2D eigenvalue weighted by Gasteiger charge is -2.10. The molecule has 0 aliphatic rings. The van der Waals surface area contributed by atoms with Gasteiger partial charge in [-0.15, -0.1) is 0 Å². The molecule has 26 heavy (non-hydrogen) atoms. The molecular formula is C18H21N3O5. The Bertz CT molecular complexity index is 807. The van der Waals surface area contributed by atoms with Crippen molar-refractivity contribution in [3.63, 3.8) is 0 Å². The molecule has 0 atom stereocenters. The molecule has 0 fully saturated rings. The van der Waals surface area contributed by atoms with Crippen molar-refractivity contribution >= 4 is 17.3 Å². The molecule has 2 N–H and O–H groups in total. The van der Waals surface area contributed by atoms with Crippen molar-refractivity contribution < 1.29 is 19.2 Å². The summed E-state index contributed by atoms with van der Waals surface area (Å²) in [4.78, 5) is 22.8. The molecule has 1 amide bonds. The number of carbonyl (C=O) groups is 1. The highest BCUT2D eigenvalue weighted by Gasteiger charge is 2.16. The van der Waals surface area contributed by atoms with Crippen molar-refractivity contribution in [2.75, 3.05) is 33.1 Å². The Balaban J connectivity index is 2.01. The van der Waals surface area contributed by atoms with Crippen LogP contribution in [-0.4, -0.2) is 38.6 Å². The van der Waals surface area contributed by atoms with Gasteiger partial charge in [0, 0.05) is 25.2 Å². The van der Waals surface area contributed by atoms with Gasteiger partial charge < -0.3 is 20.1 Å². The van der Waals surface area contributed by atoms with Crippen molar-refractivity contribution in [1.82, 2.24) is 5.32 Å². The lowest BCUT2D eigenvalue weighted by molar-refractivity contribution is -0.384. The molecule has 0 saturated heterocycles. The van der Waals surface area contributed by atoms with Crippen molar-refractivity contribution in [2.45, 2.75) is 6.42 Å². The lowest BCUT2D eigenvalue weighted by atomic mass is 10.1. The molecule has 138 valence electrons. The second-order valence-electron chi connectivity index (χ2n) is 5.43. The summed E-state index contributed by atoms with van der Waals surface area (Å²) in [5, 5.41) is 16.6. The molecule has 0 saturated carbocycles. The molecule has 0 aliphatic carbocycles. The highest BCUT2D eigenvalue weighted by atomic mass is 16.6. The number of rotatable bonds is 8. The van der Waals surface area contributed by atoms with Crippen LogP contribution in [0, 0.1) is 10.1 Å². The number of nitrogens with zero attached hydrogens (tertiary/aromatic N) is 1. The number of amides is 1. The highest BCUT2D eigenvalue weighted by Crippen LogP contribution is 2.27. The van der Waals surface area contributed by atoms with Gasteiger partial charge in [0.25, 0.3) is 11.6 Å². The highest BCUT2D eigenvalue weighted by molar-refractivity contribution is 5.95. The fourth-order valence-electron chi connectivity index (χ4n) is 2.49. The maximum Gasteiger partial charge on any atom is 0.293 e. The molecule has 2 aromatic carbocycles.